The lowest BCUT2D eigenvalue weighted by Crippen LogP contribution is -2.30. The van der Waals surface area contributed by atoms with E-state index in [-0.39, 0.29) is 5.92 Å². The minimum absolute atomic E-state index is 0.00772. The van der Waals surface area contributed by atoms with E-state index < -0.39 is 12.8 Å². The van der Waals surface area contributed by atoms with Gasteiger partial charge >= 0.3 is 7.60 Å². The molecule has 0 radical (unpaired) electrons. The van der Waals surface area contributed by atoms with E-state index in [1.165, 1.54) is 0 Å². The summed E-state index contributed by atoms with van der Waals surface area (Å²) in [4.78, 5) is 18.0. The van der Waals surface area contributed by atoms with Crippen LogP contribution in [0.5, 0.6) is 0 Å². The van der Waals surface area contributed by atoms with Crippen LogP contribution in [-0.2, 0) is 4.57 Å². The second kappa shape index (κ2) is 3.26. The highest BCUT2D eigenvalue weighted by molar-refractivity contribution is 7.53. The highest BCUT2D eigenvalue weighted by atomic mass is 31.2. The molecule has 0 spiro atoms. The first-order valence-electron chi connectivity index (χ1n) is 3.81. The molecule has 0 fully saturated rings. The third kappa shape index (κ3) is 2.05. The summed E-state index contributed by atoms with van der Waals surface area (Å²) in [7, 11) is -3.94. The summed E-state index contributed by atoms with van der Waals surface area (Å²) in [5, 5.41) is -0.854. The summed E-state index contributed by atoms with van der Waals surface area (Å²) >= 11 is 0. The van der Waals surface area contributed by atoms with Crippen LogP contribution in [0.3, 0.4) is 0 Å². The second-order valence-corrected chi connectivity index (χ2v) is 5.52. The average molecular weight is 180 g/mol. The first kappa shape index (κ1) is 11.2. The molecule has 0 rings (SSSR count). The van der Waals surface area contributed by atoms with Gasteiger partial charge in [0.1, 0.15) is 0 Å². The van der Waals surface area contributed by atoms with Gasteiger partial charge in [-0.15, -0.1) is 0 Å². The molecule has 2 N–H and O–H groups in total. The van der Waals surface area contributed by atoms with Crippen molar-refractivity contribution in [1.29, 1.82) is 0 Å². The summed E-state index contributed by atoms with van der Waals surface area (Å²) in [6.07, 6.45) is 0.509. The maximum absolute atomic E-state index is 11.0. The molecule has 0 aliphatic carbocycles. The van der Waals surface area contributed by atoms with Crippen molar-refractivity contribution in [2.24, 2.45) is 5.92 Å². The van der Waals surface area contributed by atoms with Crippen molar-refractivity contribution in [2.45, 2.75) is 39.3 Å². The van der Waals surface area contributed by atoms with Crippen LogP contribution in [0.4, 0.5) is 0 Å². The number of rotatable bonds is 3. The fourth-order valence-electron chi connectivity index (χ4n) is 0.951. The lowest BCUT2D eigenvalue weighted by molar-refractivity contribution is 0.292. The van der Waals surface area contributed by atoms with Crippen molar-refractivity contribution in [1.82, 2.24) is 0 Å². The Labute approximate surface area is 68.0 Å². The van der Waals surface area contributed by atoms with Crippen LogP contribution < -0.4 is 0 Å². The third-order valence-electron chi connectivity index (χ3n) is 2.63. The Kier molecular flexibility index (Phi) is 3.30. The molecule has 11 heavy (non-hydrogen) atoms. The zero-order valence-corrected chi connectivity index (χ0v) is 8.43. The zero-order chi connectivity index (χ0) is 9.28. The summed E-state index contributed by atoms with van der Waals surface area (Å²) in [5.74, 6) is 0.00772. The van der Waals surface area contributed by atoms with Gasteiger partial charge in [-0.1, -0.05) is 20.8 Å². The highest BCUT2D eigenvalue weighted by Gasteiger charge is 2.43. The Morgan fingerprint density at radius 2 is 1.82 bits per heavy atom. The molecule has 0 aromatic heterocycles. The Hall–Kier alpha value is 0.150. The topological polar surface area (TPSA) is 57.5 Å². The molecule has 3 nitrogen and oxygen atoms in total. The van der Waals surface area contributed by atoms with Crippen LogP contribution in [0.25, 0.3) is 0 Å². The van der Waals surface area contributed by atoms with E-state index in [1.54, 1.807) is 13.8 Å². The Bertz CT molecular complexity index is 173. The van der Waals surface area contributed by atoms with Crippen LogP contribution >= 0.6 is 7.60 Å². The van der Waals surface area contributed by atoms with Crippen molar-refractivity contribution in [2.75, 3.05) is 0 Å². The van der Waals surface area contributed by atoms with E-state index in [0.717, 1.165) is 0 Å². The first-order chi connectivity index (χ1) is 4.75. The minimum Gasteiger partial charge on any atom is -0.324 e. The lowest BCUT2D eigenvalue weighted by Gasteiger charge is -2.32. The molecule has 0 heterocycles. The van der Waals surface area contributed by atoms with Crippen molar-refractivity contribution in [3.63, 3.8) is 0 Å². The van der Waals surface area contributed by atoms with Crippen LogP contribution in [-0.4, -0.2) is 14.9 Å². The van der Waals surface area contributed by atoms with E-state index >= 15 is 0 Å². The molecule has 0 aliphatic heterocycles. The molecule has 0 saturated carbocycles. The van der Waals surface area contributed by atoms with Crippen LogP contribution in [0, 0.1) is 5.92 Å². The van der Waals surface area contributed by atoms with Gasteiger partial charge in [0.2, 0.25) is 0 Å². The van der Waals surface area contributed by atoms with Crippen LogP contribution in [0.1, 0.15) is 34.1 Å². The smallest absolute Gasteiger partial charge is 0.324 e. The first-order valence-corrected chi connectivity index (χ1v) is 5.42. The van der Waals surface area contributed by atoms with Gasteiger partial charge in [0.15, 0.2) is 0 Å². The predicted molar refractivity (Wildman–Crippen MR) is 45.6 cm³/mol. The van der Waals surface area contributed by atoms with E-state index in [9.17, 15) is 4.57 Å². The van der Waals surface area contributed by atoms with E-state index in [4.69, 9.17) is 9.79 Å². The van der Waals surface area contributed by atoms with Gasteiger partial charge in [-0.2, -0.15) is 0 Å². The largest absolute Gasteiger partial charge is 0.331 e. The maximum atomic E-state index is 11.0. The SMILES string of the molecule is CCC(C)(C(C)C)P(=O)(O)O. The van der Waals surface area contributed by atoms with Gasteiger partial charge in [-0.25, -0.2) is 0 Å². The van der Waals surface area contributed by atoms with Crippen molar-refractivity contribution >= 4 is 7.60 Å². The molecule has 68 valence electrons. The van der Waals surface area contributed by atoms with Crippen molar-refractivity contribution < 1.29 is 14.4 Å². The molecule has 0 bridgehead atoms. The molecule has 1 atom stereocenters. The molecule has 0 saturated heterocycles. The fourth-order valence-corrected chi connectivity index (χ4v) is 2.04. The molecule has 0 aromatic carbocycles. The summed E-state index contributed by atoms with van der Waals surface area (Å²) in [6, 6.07) is 0. The van der Waals surface area contributed by atoms with Crippen LogP contribution in [0.15, 0.2) is 0 Å². The van der Waals surface area contributed by atoms with E-state index in [2.05, 4.69) is 0 Å². The molecule has 0 aromatic rings. The number of hydrogen-bond donors (Lipinski definition) is 2. The molecular weight excluding hydrogens is 163 g/mol. The fraction of sp³-hybridized carbons (Fsp3) is 1.00. The second-order valence-electron chi connectivity index (χ2n) is 3.41. The van der Waals surface area contributed by atoms with Crippen molar-refractivity contribution in [3.8, 4) is 0 Å². The summed E-state index contributed by atoms with van der Waals surface area (Å²) < 4.78 is 11.0. The summed E-state index contributed by atoms with van der Waals surface area (Å²) in [5.41, 5.74) is 0. The highest BCUT2D eigenvalue weighted by Crippen LogP contribution is 2.55. The van der Waals surface area contributed by atoms with Gasteiger partial charge in [0.05, 0.1) is 5.16 Å². The quantitative estimate of drug-likeness (QED) is 0.653. The predicted octanol–water partition coefficient (Wildman–Crippen LogP) is 1.99. The molecule has 0 aliphatic rings. The van der Waals surface area contributed by atoms with Gasteiger partial charge in [-0.3, -0.25) is 4.57 Å². The molecule has 4 heteroatoms. The standard InChI is InChI=1S/C7H17O3P/c1-5-7(4,6(2)3)11(8,9)10/h6H,5H2,1-4H3,(H2,8,9,10). The zero-order valence-electron chi connectivity index (χ0n) is 7.53. The Morgan fingerprint density at radius 1 is 1.45 bits per heavy atom. The minimum atomic E-state index is -3.94. The Morgan fingerprint density at radius 3 is 1.82 bits per heavy atom. The van der Waals surface area contributed by atoms with Crippen molar-refractivity contribution in [3.05, 3.63) is 0 Å². The van der Waals surface area contributed by atoms with Gasteiger partial charge in [0.25, 0.3) is 0 Å². The third-order valence-corrected chi connectivity index (χ3v) is 4.79. The lowest BCUT2D eigenvalue weighted by atomic mass is 9.94. The van der Waals surface area contributed by atoms with E-state index in [1.807, 2.05) is 13.8 Å². The molecule has 0 amide bonds. The molecule has 1 unspecified atom stereocenters. The van der Waals surface area contributed by atoms with Gasteiger partial charge in [0, 0.05) is 0 Å². The maximum Gasteiger partial charge on any atom is 0.331 e. The summed E-state index contributed by atoms with van der Waals surface area (Å²) in [6.45, 7) is 7.11. The monoisotopic (exact) mass is 180 g/mol. The molecular formula is C7H17O3P. The number of hydrogen-bond acceptors (Lipinski definition) is 1. The average Bonchev–Trinajstić information content (AvgIpc) is 1.83. The van der Waals surface area contributed by atoms with Gasteiger partial charge in [-0.05, 0) is 19.3 Å². The Balaban J connectivity index is 4.76. The normalized spacial score (nSPS) is 18.5. The van der Waals surface area contributed by atoms with E-state index in [0.29, 0.717) is 6.42 Å². The van der Waals surface area contributed by atoms with Gasteiger partial charge < -0.3 is 9.79 Å². The van der Waals surface area contributed by atoms with Crippen LogP contribution in [0.2, 0.25) is 0 Å².